The molecule has 1 aliphatic heterocycles. The van der Waals surface area contributed by atoms with Crippen molar-refractivity contribution in [2.45, 2.75) is 101 Å². The molecule has 1 heterocycles. The Morgan fingerprint density at radius 3 is 2.43 bits per heavy atom. The van der Waals surface area contributed by atoms with E-state index in [4.69, 9.17) is 0 Å². The van der Waals surface area contributed by atoms with Crippen molar-refractivity contribution in [1.82, 2.24) is 10.2 Å². The van der Waals surface area contributed by atoms with Crippen LogP contribution in [-0.2, 0) is 9.59 Å². The highest BCUT2D eigenvalue weighted by molar-refractivity contribution is 6.07. The monoisotopic (exact) mass is 517 g/mol. The van der Waals surface area contributed by atoms with E-state index in [0.717, 1.165) is 57.2 Å². The molecule has 37 heavy (non-hydrogen) atoms. The van der Waals surface area contributed by atoms with Crippen LogP contribution in [0.3, 0.4) is 0 Å². The third kappa shape index (κ3) is 5.45. The van der Waals surface area contributed by atoms with E-state index in [1.165, 1.54) is 17.7 Å². The van der Waals surface area contributed by atoms with Gasteiger partial charge in [0.1, 0.15) is 11.4 Å². The minimum Gasteiger partial charge on any atom is -0.351 e. The Hall–Kier alpha value is -2.35. The topological polar surface area (TPSA) is 52.7 Å². The number of carbonyl (C=O) groups is 2. The Labute approximate surface area is 217 Å². The average molecular weight is 518 g/mol. The van der Waals surface area contributed by atoms with Crippen molar-refractivity contribution in [2.75, 3.05) is 24.5 Å². The van der Waals surface area contributed by atoms with Gasteiger partial charge in [-0.15, -0.1) is 0 Å². The highest BCUT2D eigenvalue weighted by atomic mass is 19.3. The molecule has 1 unspecified atom stereocenters. The number of piperidine rings is 1. The second kappa shape index (κ2) is 10.8. The molecule has 202 valence electrons. The van der Waals surface area contributed by atoms with Gasteiger partial charge in [0.25, 0.3) is 5.91 Å². The van der Waals surface area contributed by atoms with Crippen LogP contribution in [-0.4, -0.2) is 53.9 Å². The van der Waals surface area contributed by atoms with Crippen molar-refractivity contribution in [3.05, 3.63) is 41.2 Å². The number of anilines is 1. The number of hydrogen-bond donors (Lipinski definition) is 1. The lowest BCUT2D eigenvalue weighted by Crippen LogP contribution is -2.64. The number of likely N-dealkylation sites (tertiary alicyclic amines) is 1. The molecule has 5 nitrogen and oxygen atoms in total. The maximum atomic E-state index is 14.5. The molecule has 1 saturated carbocycles. The molecule has 2 amide bonds. The highest BCUT2D eigenvalue weighted by Crippen LogP contribution is 2.49. The largest absolute Gasteiger partial charge is 0.351 e. The molecule has 1 saturated heterocycles. The molecule has 1 aromatic carbocycles. The van der Waals surface area contributed by atoms with Crippen LogP contribution in [0, 0.1) is 5.82 Å². The van der Waals surface area contributed by atoms with E-state index in [1.807, 2.05) is 0 Å². The molecule has 1 N–H and O–H groups in total. The summed E-state index contributed by atoms with van der Waals surface area (Å²) in [7, 11) is 0. The van der Waals surface area contributed by atoms with Crippen LogP contribution in [0.25, 0.3) is 0 Å². The number of rotatable bonds is 6. The van der Waals surface area contributed by atoms with Crippen molar-refractivity contribution in [3.8, 4) is 0 Å². The summed E-state index contributed by atoms with van der Waals surface area (Å²) in [6.45, 7) is 1.82. The van der Waals surface area contributed by atoms with Gasteiger partial charge in [-0.1, -0.05) is 18.1 Å². The van der Waals surface area contributed by atoms with Gasteiger partial charge in [0, 0.05) is 24.6 Å². The minimum atomic E-state index is -2.69. The van der Waals surface area contributed by atoms with E-state index >= 15 is 0 Å². The quantitative estimate of drug-likeness (QED) is 0.490. The maximum absolute atomic E-state index is 14.5. The normalized spacial score (nSPS) is 26.6. The van der Waals surface area contributed by atoms with Gasteiger partial charge in [0.05, 0.1) is 6.54 Å². The fourth-order valence-electron chi connectivity index (χ4n) is 6.89. The predicted molar refractivity (Wildman–Crippen MR) is 137 cm³/mol. The van der Waals surface area contributed by atoms with E-state index in [0.29, 0.717) is 24.9 Å². The Balaban J connectivity index is 1.53. The summed E-state index contributed by atoms with van der Waals surface area (Å²) in [5.74, 6) is -3.67. The van der Waals surface area contributed by atoms with Crippen molar-refractivity contribution in [3.63, 3.8) is 0 Å². The van der Waals surface area contributed by atoms with Gasteiger partial charge in [0.15, 0.2) is 0 Å². The molecule has 8 heteroatoms. The molecule has 0 bridgehead atoms. The lowest BCUT2D eigenvalue weighted by Gasteiger charge is -2.44. The van der Waals surface area contributed by atoms with Crippen molar-refractivity contribution in [1.29, 1.82) is 0 Å². The average Bonchev–Trinajstić information content (AvgIpc) is 3.26. The molecule has 5 rings (SSSR count). The number of allylic oxidation sites excluding steroid dienone is 1. The summed E-state index contributed by atoms with van der Waals surface area (Å²) in [6, 6.07) is 5.60. The van der Waals surface area contributed by atoms with Gasteiger partial charge in [-0.05, 0) is 101 Å². The third-order valence-corrected chi connectivity index (χ3v) is 8.80. The van der Waals surface area contributed by atoms with Gasteiger partial charge < -0.3 is 5.32 Å². The number of benzene rings is 1. The summed E-state index contributed by atoms with van der Waals surface area (Å²) >= 11 is 0. The molecule has 0 radical (unpaired) electrons. The Morgan fingerprint density at radius 2 is 1.70 bits per heavy atom. The number of hydrogen-bond acceptors (Lipinski definition) is 3. The first kappa shape index (κ1) is 26.3. The second-order valence-corrected chi connectivity index (χ2v) is 11.3. The van der Waals surface area contributed by atoms with Crippen LogP contribution < -0.4 is 10.2 Å². The number of nitrogens with zero attached hydrogens (tertiary/aromatic N) is 2. The zero-order chi connectivity index (χ0) is 26.0. The lowest BCUT2D eigenvalue weighted by atomic mass is 9.80. The number of carbonyl (C=O) groups excluding carboxylic acids is 2. The molecule has 2 fully saturated rings. The number of alkyl halides is 2. The first-order valence-electron chi connectivity index (χ1n) is 14.0. The summed E-state index contributed by atoms with van der Waals surface area (Å²) in [5.41, 5.74) is 1.33. The molecular formula is C29H38F3N3O2. The molecule has 4 aliphatic rings. The Bertz CT molecular complexity index is 1040. The molecule has 0 spiro atoms. The first-order chi connectivity index (χ1) is 17.8. The number of amides is 2. The van der Waals surface area contributed by atoms with Gasteiger partial charge in [-0.25, -0.2) is 13.2 Å². The van der Waals surface area contributed by atoms with E-state index in [2.05, 4.69) is 10.2 Å². The summed E-state index contributed by atoms with van der Waals surface area (Å²) in [6.07, 6.45) is 7.87. The van der Waals surface area contributed by atoms with Gasteiger partial charge in [0.2, 0.25) is 11.8 Å². The minimum absolute atomic E-state index is 0.170. The van der Waals surface area contributed by atoms with Gasteiger partial charge in [-0.2, -0.15) is 0 Å². The molecule has 0 aromatic heterocycles. The summed E-state index contributed by atoms with van der Waals surface area (Å²) in [4.78, 5) is 32.1. The summed E-state index contributed by atoms with van der Waals surface area (Å²) in [5, 5.41) is 3.09. The number of halogens is 3. The van der Waals surface area contributed by atoms with Crippen molar-refractivity contribution in [2.24, 2.45) is 0 Å². The molecule has 3 aliphatic carbocycles. The zero-order valence-electron chi connectivity index (χ0n) is 21.5. The van der Waals surface area contributed by atoms with Crippen LogP contribution in [0.4, 0.5) is 18.9 Å². The standard InChI is InChI=1S/C29H38F3N3O2/c30-22-8-6-9-24(19-22)35(26(36)20-34-17-4-1-5-18-34)29(16-11-21-7-2-3-10-25(21)29)27(37)33-23-12-14-28(31,32)15-13-23/h6,8-9,19,23H,1-5,7,10-18,20H2,(H,33,37). The SMILES string of the molecule is O=C(CN1CCCCC1)N(c1cccc(F)c1)C1(C(=O)NC2CCC(F)(F)CC2)CCC2=C1CCCC2. The second-order valence-electron chi connectivity index (χ2n) is 11.3. The van der Waals surface area contributed by atoms with Crippen LogP contribution in [0.15, 0.2) is 35.4 Å². The summed E-state index contributed by atoms with van der Waals surface area (Å²) < 4.78 is 42.1. The van der Waals surface area contributed by atoms with Crippen molar-refractivity contribution < 1.29 is 22.8 Å². The van der Waals surface area contributed by atoms with E-state index in [1.54, 1.807) is 17.0 Å². The zero-order valence-corrected chi connectivity index (χ0v) is 21.5. The van der Waals surface area contributed by atoms with Crippen LogP contribution in [0.1, 0.15) is 83.5 Å². The smallest absolute Gasteiger partial charge is 0.250 e. The number of nitrogens with one attached hydrogen (secondary N) is 1. The predicted octanol–water partition coefficient (Wildman–Crippen LogP) is 5.74. The molecule has 1 aromatic rings. The van der Waals surface area contributed by atoms with E-state index in [-0.39, 0.29) is 50.1 Å². The Kier molecular flexibility index (Phi) is 7.66. The fraction of sp³-hybridized carbons (Fsp3) is 0.655. The van der Waals surface area contributed by atoms with Crippen LogP contribution in [0.5, 0.6) is 0 Å². The van der Waals surface area contributed by atoms with E-state index in [9.17, 15) is 22.8 Å². The van der Waals surface area contributed by atoms with E-state index < -0.39 is 17.3 Å². The van der Waals surface area contributed by atoms with Gasteiger partial charge >= 0.3 is 0 Å². The fourth-order valence-corrected chi connectivity index (χ4v) is 6.89. The third-order valence-electron chi connectivity index (χ3n) is 8.80. The maximum Gasteiger partial charge on any atom is 0.250 e. The van der Waals surface area contributed by atoms with Crippen LogP contribution in [0.2, 0.25) is 0 Å². The van der Waals surface area contributed by atoms with Crippen LogP contribution >= 0.6 is 0 Å². The Morgan fingerprint density at radius 1 is 0.973 bits per heavy atom. The highest BCUT2D eigenvalue weighted by Gasteiger charge is 2.54. The first-order valence-corrected chi connectivity index (χ1v) is 14.0. The molecular weight excluding hydrogens is 479 g/mol. The molecule has 1 atom stereocenters. The lowest BCUT2D eigenvalue weighted by molar-refractivity contribution is -0.131. The van der Waals surface area contributed by atoms with Crippen molar-refractivity contribution >= 4 is 17.5 Å². The van der Waals surface area contributed by atoms with Gasteiger partial charge in [-0.3, -0.25) is 19.4 Å².